The molecule has 1 saturated carbocycles. The minimum absolute atomic E-state index is 0. The number of anilines is 2. The number of halogens is 2. The second-order valence-corrected chi connectivity index (χ2v) is 8.58. The zero-order chi connectivity index (χ0) is 22.3. The van der Waals surface area contributed by atoms with Crippen LogP contribution in [0, 0.1) is 17.1 Å². The Hall–Kier alpha value is -3.31. The normalized spacial score (nSPS) is 15.6. The van der Waals surface area contributed by atoms with Crippen LogP contribution in [0.25, 0.3) is 10.9 Å². The third-order valence-corrected chi connectivity index (χ3v) is 6.66. The summed E-state index contributed by atoms with van der Waals surface area (Å²) in [5.41, 5.74) is 6.58. The molecule has 9 heteroatoms. The zero-order valence-corrected chi connectivity index (χ0v) is 18.9. The molecule has 1 aromatic carbocycles. The summed E-state index contributed by atoms with van der Waals surface area (Å²) < 4.78 is 23.5. The molecule has 33 heavy (non-hydrogen) atoms. The van der Waals surface area contributed by atoms with E-state index in [1.165, 1.54) is 0 Å². The number of fused-ring (bicyclic) bond motifs is 1. The number of ether oxygens (including phenoxy) is 1. The molecule has 1 aliphatic carbocycles. The predicted molar refractivity (Wildman–Crippen MR) is 128 cm³/mol. The first-order chi connectivity index (χ1) is 15.6. The molecule has 3 heterocycles. The van der Waals surface area contributed by atoms with Gasteiger partial charge in [0, 0.05) is 24.6 Å². The minimum atomic E-state index is -0.716. The molecule has 1 fully saturated rings. The number of nitrogens with two attached hydrogens (primary N) is 1. The number of nitriles is 1. The van der Waals surface area contributed by atoms with Gasteiger partial charge < -0.3 is 20.4 Å². The van der Waals surface area contributed by atoms with Crippen LogP contribution in [0.15, 0.2) is 35.4 Å². The molecule has 0 bridgehead atoms. The number of nitrogens with one attached hydrogen (secondary N) is 1. The number of hydrogen-bond donors (Lipinski definition) is 2. The van der Waals surface area contributed by atoms with Crippen LogP contribution in [-0.4, -0.2) is 22.7 Å². The van der Waals surface area contributed by atoms with Crippen molar-refractivity contribution in [1.29, 1.82) is 5.26 Å². The Kier molecular flexibility index (Phi) is 6.17. The van der Waals surface area contributed by atoms with Crippen molar-refractivity contribution in [2.45, 2.75) is 44.1 Å². The Morgan fingerprint density at radius 3 is 2.82 bits per heavy atom. The summed E-state index contributed by atoms with van der Waals surface area (Å²) in [5, 5.41) is 12.7. The van der Waals surface area contributed by atoms with E-state index < -0.39 is 11.2 Å². The van der Waals surface area contributed by atoms with Crippen molar-refractivity contribution in [3.8, 4) is 11.8 Å². The summed E-state index contributed by atoms with van der Waals surface area (Å²) >= 11 is 0. The molecule has 0 amide bonds. The molecule has 0 saturated heterocycles. The van der Waals surface area contributed by atoms with Gasteiger partial charge in [-0.1, -0.05) is 18.9 Å². The SMILES string of the molecule is Cl.N#Cc1cn2c3c(c(NCCCc4ccccn4)c(F)c(N)c3c1=O)OCC21CCCC1. The molecule has 3 aromatic rings. The monoisotopic (exact) mass is 469 g/mol. The van der Waals surface area contributed by atoms with Gasteiger partial charge in [-0.2, -0.15) is 5.26 Å². The average molecular weight is 470 g/mol. The highest BCUT2D eigenvalue weighted by Crippen LogP contribution is 2.48. The van der Waals surface area contributed by atoms with E-state index >= 15 is 4.39 Å². The quantitative estimate of drug-likeness (QED) is 0.430. The van der Waals surface area contributed by atoms with Gasteiger partial charge in [0.05, 0.1) is 22.1 Å². The van der Waals surface area contributed by atoms with E-state index in [2.05, 4.69) is 10.3 Å². The van der Waals surface area contributed by atoms with Gasteiger partial charge in [0.2, 0.25) is 5.43 Å². The molecule has 3 N–H and O–H groups in total. The molecule has 2 aliphatic rings. The maximum atomic E-state index is 15.4. The van der Waals surface area contributed by atoms with Gasteiger partial charge in [-0.3, -0.25) is 9.78 Å². The summed E-state index contributed by atoms with van der Waals surface area (Å²) in [6.45, 7) is 0.856. The lowest BCUT2D eigenvalue weighted by molar-refractivity contribution is 0.143. The first kappa shape index (κ1) is 22.9. The topological polar surface area (TPSA) is 106 Å². The lowest BCUT2D eigenvalue weighted by Gasteiger charge is -2.39. The lowest BCUT2D eigenvalue weighted by atomic mass is 9.93. The van der Waals surface area contributed by atoms with Crippen LogP contribution in [0.3, 0.4) is 0 Å². The fraction of sp³-hybridized carbons (Fsp3) is 0.375. The number of aromatic nitrogens is 2. The van der Waals surface area contributed by atoms with Crippen LogP contribution in [0.4, 0.5) is 15.8 Å². The maximum Gasteiger partial charge on any atom is 0.209 e. The molecular formula is C24H25ClFN5O2. The Bertz CT molecular complexity index is 1300. The summed E-state index contributed by atoms with van der Waals surface area (Å²) in [4.78, 5) is 17.2. The van der Waals surface area contributed by atoms with Crippen LogP contribution >= 0.6 is 12.4 Å². The van der Waals surface area contributed by atoms with Crippen molar-refractivity contribution in [2.24, 2.45) is 0 Å². The first-order valence-electron chi connectivity index (χ1n) is 10.9. The van der Waals surface area contributed by atoms with E-state index in [-0.39, 0.29) is 40.3 Å². The highest BCUT2D eigenvalue weighted by atomic mass is 35.5. The van der Waals surface area contributed by atoms with Gasteiger partial charge in [0.25, 0.3) is 0 Å². The smallest absolute Gasteiger partial charge is 0.209 e. The van der Waals surface area contributed by atoms with Gasteiger partial charge >= 0.3 is 0 Å². The van der Waals surface area contributed by atoms with Crippen LogP contribution < -0.4 is 21.2 Å². The number of benzene rings is 1. The van der Waals surface area contributed by atoms with E-state index in [1.807, 2.05) is 28.8 Å². The Labute approximate surface area is 196 Å². The molecule has 1 aliphatic heterocycles. The highest BCUT2D eigenvalue weighted by Gasteiger charge is 2.42. The van der Waals surface area contributed by atoms with E-state index in [0.717, 1.165) is 44.2 Å². The number of pyridine rings is 2. The maximum absolute atomic E-state index is 15.4. The summed E-state index contributed by atoms with van der Waals surface area (Å²) in [6, 6.07) is 7.71. The van der Waals surface area contributed by atoms with Crippen LogP contribution in [0.2, 0.25) is 0 Å². The van der Waals surface area contributed by atoms with Crippen molar-refractivity contribution >= 4 is 34.7 Å². The van der Waals surface area contributed by atoms with Crippen LogP contribution in [-0.2, 0) is 12.0 Å². The van der Waals surface area contributed by atoms with Crippen molar-refractivity contribution in [3.63, 3.8) is 0 Å². The molecule has 0 radical (unpaired) electrons. The Morgan fingerprint density at radius 1 is 1.33 bits per heavy atom. The van der Waals surface area contributed by atoms with Crippen molar-refractivity contribution in [3.05, 3.63) is 57.9 Å². The minimum Gasteiger partial charge on any atom is -0.487 e. The summed E-state index contributed by atoms with van der Waals surface area (Å²) in [6.07, 6.45) is 8.64. The van der Waals surface area contributed by atoms with Crippen LogP contribution in [0.5, 0.6) is 5.75 Å². The fourth-order valence-corrected chi connectivity index (χ4v) is 5.03. The number of nitrogen functional groups attached to an aromatic ring is 1. The molecule has 2 aromatic heterocycles. The molecule has 7 nitrogen and oxygen atoms in total. The summed E-state index contributed by atoms with van der Waals surface area (Å²) in [7, 11) is 0. The zero-order valence-electron chi connectivity index (χ0n) is 18.1. The largest absolute Gasteiger partial charge is 0.487 e. The molecule has 5 rings (SSSR count). The van der Waals surface area contributed by atoms with Gasteiger partial charge in [0.15, 0.2) is 11.6 Å². The van der Waals surface area contributed by atoms with Crippen molar-refractivity contribution in [2.75, 3.05) is 24.2 Å². The number of aryl methyl sites for hydroxylation is 1. The fourth-order valence-electron chi connectivity index (χ4n) is 5.03. The van der Waals surface area contributed by atoms with E-state index in [0.29, 0.717) is 24.4 Å². The Morgan fingerprint density at radius 2 is 2.12 bits per heavy atom. The van der Waals surface area contributed by atoms with E-state index in [9.17, 15) is 10.1 Å². The van der Waals surface area contributed by atoms with Gasteiger partial charge in [0.1, 0.15) is 23.9 Å². The standard InChI is InChI=1S/C24H24FN5O2.ClH/c25-18-19(27)17-21-23(20(18)29-11-5-7-16-6-1-4-10-28-16)32-14-24(8-2-3-9-24)30(21)13-15(12-26)22(17)31;/h1,4,6,10,13,29H,2-3,5,7-9,11,14,27H2;1H. The highest BCUT2D eigenvalue weighted by molar-refractivity contribution is 6.01. The van der Waals surface area contributed by atoms with E-state index in [4.69, 9.17) is 10.5 Å². The molecule has 0 atom stereocenters. The molecule has 1 spiro atoms. The van der Waals surface area contributed by atoms with E-state index in [1.54, 1.807) is 12.4 Å². The third kappa shape index (κ3) is 3.66. The van der Waals surface area contributed by atoms with Crippen molar-refractivity contribution in [1.82, 2.24) is 9.55 Å². The first-order valence-corrected chi connectivity index (χ1v) is 10.9. The molecule has 172 valence electrons. The molecule has 0 unspecified atom stereocenters. The van der Waals surface area contributed by atoms with Crippen molar-refractivity contribution < 1.29 is 9.13 Å². The second kappa shape index (κ2) is 8.91. The molecular weight excluding hydrogens is 445 g/mol. The number of nitrogens with zero attached hydrogens (tertiary/aromatic N) is 3. The summed E-state index contributed by atoms with van der Waals surface area (Å²) in [5.74, 6) is -0.421. The van der Waals surface area contributed by atoms with Crippen LogP contribution in [0.1, 0.15) is 43.4 Å². The lowest BCUT2D eigenvalue weighted by Crippen LogP contribution is -2.41. The van der Waals surface area contributed by atoms with Gasteiger partial charge in [-0.25, -0.2) is 4.39 Å². The van der Waals surface area contributed by atoms with Gasteiger partial charge in [-0.05, 0) is 37.8 Å². The number of hydrogen-bond acceptors (Lipinski definition) is 6. The van der Waals surface area contributed by atoms with Gasteiger partial charge in [-0.15, -0.1) is 12.4 Å². The Balaban J connectivity index is 0.00000259. The predicted octanol–water partition coefficient (Wildman–Crippen LogP) is 4.12. The number of rotatable bonds is 5. The average Bonchev–Trinajstić information content (AvgIpc) is 3.28. The third-order valence-electron chi connectivity index (χ3n) is 6.66. The second-order valence-electron chi connectivity index (χ2n) is 8.58.